The first-order valence-corrected chi connectivity index (χ1v) is 4.92. The topological polar surface area (TPSA) is 55.8 Å². The minimum absolute atomic E-state index is 0.144. The molecule has 4 nitrogen and oxygen atoms in total. The zero-order valence-corrected chi connectivity index (χ0v) is 8.95. The van der Waals surface area contributed by atoms with Crippen LogP contribution in [0.2, 0.25) is 0 Å². The molecule has 0 aromatic rings. The molecule has 0 aliphatic carbocycles. The van der Waals surface area contributed by atoms with E-state index in [2.05, 4.69) is 4.74 Å². The fourth-order valence-corrected chi connectivity index (χ4v) is 1.92. The Labute approximate surface area is 84.2 Å². The largest absolute Gasteiger partial charge is 0.467 e. The molecular formula is C10H18O4. The van der Waals surface area contributed by atoms with Crippen molar-refractivity contribution >= 4 is 5.97 Å². The average Bonchev–Trinajstić information content (AvgIpc) is 2.68. The van der Waals surface area contributed by atoms with Crippen molar-refractivity contribution in [3.05, 3.63) is 0 Å². The highest BCUT2D eigenvalue weighted by molar-refractivity contribution is 5.80. The number of rotatable bonds is 3. The third-order valence-corrected chi connectivity index (χ3v) is 2.94. The van der Waals surface area contributed by atoms with Crippen molar-refractivity contribution < 1.29 is 19.4 Å². The van der Waals surface area contributed by atoms with Gasteiger partial charge in [0, 0.05) is 12.5 Å². The molecule has 0 amide bonds. The second-order valence-electron chi connectivity index (χ2n) is 4.03. The molecule has 2 atom stereocenters. The standard InChI is InChI=1S/C10H18O4/c1-7(2)10(12,9(11)13-3)8-4-5-14-6-8/h7-8,12H,4-6H2,1-3H3. The van der Waals surface area contributed by atoms with Gasteiger partial charge in [-0.1, -0.05) is 13.8 Å². The van der Waals surface area contributed by atoms with Gasteiger partial charge in [0.15, 0.2) is 5.60 Å². The molecule has 2 unspecified atom stereocenters. The third-order valence-electron chi connectivity index (χ3n) is 2.94. The van der Waals surface area contributed by atoms with E-state index in [1.54, 1.807) is 0 Å². The van der Waals surface area contributed by atoms with Crippen LogP contribution in [0.25, 0.3) is 0 Å². The summed E-state index contributed by atoms with van der Waals surface area (Å²) in [5, 5.41) is 10.3. The van der Waals surface area contributed by atoms with Gasteiger partial charge < -0.3 is 14.6 Å². The molecule has 1 aliphatic rings. The Morgan fingerprint density at radius 3 is 2.64 bits per heavy atom. The Kier molecular flexibility index (Phi) is 3.50. The zero-order chi connectivity index (χ0) is 10.8. The smallest absolute Gasteiger partial charge is 0.338 e. The molecule has 0 saturated carbocycles. The minimum Gasteiger partial charge on any atom is -0.467 e. The van der Waals surface area contributed by atoms with E-state index in [0.717, 1.165) is 0 Å². The molecular weight excluding hydrogens is 184 g/mol. The number of hydrogen-bond donors (Lipinski definition) is 1. The van der Waals surface area contributed by atoms with Gasteiger partial charge in [-0.2, -0.15) is 0 Å². The van der Waals surface area contributed by atoms with E-state index >= 15 is 0 Å². The van der Waals surface area contributed by atoms with Gasteiger partial charge in [-0.15, -0.1) is 0 Å². The predicted molar refractivity (Wildman–Crippen MR) is 50.7 cm³/mol. The van der Waals surface area contributed by atoms with Crippen LogP contribution in [-0.2, 0) is 14.3 Å². The molecule has 1 heterocycles. The fraction of sp³-hybridized carbons (Fsp3) is 0.900. The van der Waals surface area contributed by atoms with Crippen molar-refractivity contribution in [3.63, 3.8) is 0 Å². The second kappa shape index (κ2) is 4.28. The molecule has 14 heavy (non-hydrogen) atoms. The Hall–Kier alpha value is -0.610. The molecule has 0 aromatic carbocycles. The monoisotopic (exact) mass is 202 g/mol. The van der Waals surface area contributed by atoms with Gasteiger partial charge in [-0.05, 0) is 12.3 Å². The summed E-state index contributed by atoms with van der Waals surface area (Å²) in [7, 11) is 1.30. The lowest BCUT2D eigenvalue weighted by atomic mass is 9.78. The number of methoxy groups -OCH3 is 1. The summed E-state index contributed by atoms with van der Waals surface area (Å²) in [5.41, 5.74) is -1.40. The molecule has 0 bridgehead atoms. The number of ether oxygens (including phenoxy) is 2. The molecule has 1 aliphatic heterocycles. The molecule has 82 valence electrons. The Balaban J connectivity index is 2.85. The summed E-state index contributed by atoms with van der Waals surface area (Å²) in [6.45, 7) is 4.67. The number of carbonyl (C=O) groups excluding carboxylic acids is 1. The van der Waals surface area contributed by atoms with E-state index in [-0.39, 0.29) is 11.8 Å². The van der Waals surface area contributed by atoms with Crippen molar-refractivity contribution in [2.45, 2.75) is 25.9 Å². The van der Waals surface area contributed by atoms with E-state index in [0.29, 0.717) is 19.6 Å². The summed E-state index contributed by atoms with van der Waals surface area (Å²) in [6, 6.07) is 0. The Bertz CT molecular complexity index is 208. The van der Waals surface area contributed by atoms with Crippen LogP contribution in [0.1, 0.15) is 20.3 Å². The Morgan fingerprint density at radius 2 is 2.29 bits per heavy atom. The zero-order valence-electron chi connectivity index (χ0n) is 8.95. The van der Waals surface area contributed by atoms with E-state index < -0.39 is 11.6 Å². The van der Waals surface area contributed by atoms with Gasteiger partial charge in [-0.3, -0.25) is 0 Å². The average molecular weight is 202 g/mol. The molecule has 1 fully saturated rings. The Morgan fingerprint density at radius 1 is 1.64 bits per heavy atom. The molecule has 0 spiro atoms. The van der Waals surface area contributed by atoms with Crippen LogP contribution in [0, 0.1) is 11.8 Å². The molecule has 0 radical (unpaired) electrons. The second-order valence-corrected chi connectivity index (χ2v) is 4.03. The van der Waals surface area contributed by atoms with Gasteiger partial charge in [0.2, 0.25) is 0 Å². The van der Waals surface area contributed by atoms with Gasteiger partial charge in [0.1, 0.15) is 0 Å². The van der Waals surface area contributed by atoms with Crippen LogP contribution < -0.4 is 0 Å². The van der Waals surface area contributed by atoms with Crippen LogP contribution in [0.5, 0.6) is 0 Å². The normalized spacial score (nSPS) is 26.2. The number of hydrogen-bond acceptors (Lipinski definition) is 4. The third kappa shape index (κ3) is 1.77. The van der Waals surface area contributed by atoms with Gasteiger partial charge in [-0.25, -0.2) is 4.79 Å². The number of carbonyl (C=O) groups is 1. The first-order chi connectivity index (χ1) is 6.53. The SMILES string of the molecule is COC(=O)C(O)(C(C)C)C1CCOC1. The molecule has 1 rings (SSSR count). The molecule has 4 heteroatoms. The number of aliphatic hydroxyl groups is 1. The summed E-state index contributed by atoms with van der Waals surface area (Å²) in [6.07, 6.45) is 0.712. The summed E-state index contributed by atoms with van der Waals surface area (Å²) >= 11 is 0. The lowest BCUT2D eigenvalue weighted by molar-refractivity contribution is -0.175. The number of esters is 1. The van der Waals surface area contributed by atoms with Gasteiger partial charge >= 0.3 is 5.97 Å². The molecule has 0 aromatic heterocycles. The van der Waals surface area contributed by atoms with Crippen LogP contribution in [0.3, 0.4) is 0 Å². The highest BCUT2D eigenvalue weighted by Gasteiger charge is 2.48. The van der Waals surface area contributed by atoms with Crippen molar-refractivity contribution in [2.75, 3.05) is 20.3 Å². The van der Waals surface area contributed by atoms with Gasteiger partial charge in [0.25, 0.3) is 0 Å². The maximum absolute atomic E-state index is 11.5. The first kappa shape index (κ1) is 11.5. The van der Waals surface area contributed by atoms with Gasteiger partial charge in [0.05, 0.1) is 13.7 Å². The van der Waals surface area contributed by atoms with E-state index in [9.17, 15) is 9.90 Å². The quantitative estimate of drug-likeness (QED) is 0.680. The highest BCUT2D eigenvalue weighted by Crippen LogP contribution is 2.33. The minimum atomic E-state index is -1.40. The maximum Gasteiger partial charge on any atom is 0.338 e. The predicted octanol–water partition coefficient (Wildman–Crippen LogP) is 0.583. The molecule has 1 saturated heterocycles. The summed E-state index contributed by atoms with van der Waals surface area (Å²) in [4.78, 5) is 11.5. The van der Waals surface area contributed by atoms with Crippen molar-refractivity contribution in [2.24, 2.45) is 11.8 Å². The van der Waals surface area contributed by atoms with Crippen LogP contribution in [0.15, 0.2) is 0 Å². The fourth-order valence-electron chi connectivity index (χ4n) is 1.92. The van der Waals surface area contributed by atoms with Crippen LogP contribution in [-0.4, -0.2) is 37.0 Å². The highest BCUT2D eigenvalue weighted by atomic mass is 16.5. The van der Waals surface area contributed by atoms with Crippen molar-refractivity contribution in [1.82, 2.24) is 0 Å². The van der Waals surface area contributed by atoms with Crippen LogP contribution >= 0.6 is 0 Å². The lowest BCUT2D eigenvalue weighted by Gasteiger charge is -2.33. The van der Waals surface area contributed by atoms with Crippen LogP contribution in [0.4, 0.5) is 0 Å². The van der Waals surface area contributed by atoms with Crippen molar-refractivity contribution in [1.29, 1.82) is 0 Å². The lowest BCUT2D eigenvalue weighted by Crippen LogP contribution is -2.51. The molecule has 1 N–H and O–H groups in total. The maximum atomic E-state index is 11.5. The van der Waals surface area contributed by atoms with E-state index in [4.69, 9.17) is 4.74 Å². The summed E-state index contributed by atoms with van der Waals surface area (Å²) in [5.74, 6) is -0.861. The first-order valence-electron chi connectivity index (χ1n) is 4.92. The summed E-state index contributed by atoms with van der Waals surface area (Å²) < 4.78 is 9.82. The van der Waals surface area contributed by atoms with Crippen molar-refractivity contribution in [3.8, 4) is 0 Å². The van der Waals surface area contributed by atoms with E-state index in [1.165, 1.54) is 7.11 Å². The van der Waals surface area contributed by atoms with E-state index in [1.807, 2.05) is 13.8 Å².